The molecule has 2 rings (SSSR count). The fourth-order valence-electron chi connectivity index (χ4n) is 3.63. The second-order valence-corrected chi connectivity index (χ2v) is 10.9. The normalized spacial score (nSPS) is 12.1. The van der Waals surface area contributed by atoms with Crippen LogP contribution in [0.25, 0.3) is 0 Å². The summed E-state index contributed by atoms with van der Waals surface area (Å²) in [6.45, 7) is 5.90. The van der Waals surface area contributed by atoms with Gasteiger partial charge in [0, 0.05) is 28.7 Å². The molecule has 0 fully saturated rings. The summed E-state index contributed by atoms with van der Waals surface area (Å²) in [5, 5.41) is 3.51. The van der Waals surface area contributed by atoms with Gasteiger partial charge in [0.25, 0.3) is 0 Å². The lowest BCUT2D eigenvalue weighted by Crippen LogP contribution is -2.52. The number of hydrogen-bond acceptors (Lipinski definition) is 5. The molecular formula is C25H33Cl2N3O5S. The highest BCUT2D eigenvalue weighted by Gasteiger charge is 2.32. The molecule has 0 bridgehead atoms. The van der Waals surface area contributed by atoms with Crippen LogP contribution in [0.4, 0.5) is 5.69 Å². The molecule has 1 unspecified atom stereocenters. The SMILES string of the molecule is CCCNC(=O)C(CC)N(Cc1c(Cl)cccc1Cl)C(=O)CN(c1ccc(OCC)cc1)S(C)(=O)=O. The largest absolute Gasteiger partial charge is 0.494 e. The molecular weight excluding hydrogens is 525 g/mol. The molecule has 1 N–H and O–H groups in total. The van der Waals surface area contributed by atoms with Gasteiger partial charge in [-0.1, -0.05) is 43.1 Å². The zero-order valence-corrected chi connectivity index (χ0v) is 23.3. The van der Waals surface area contributed by atoms with Crippen LogP contribution in [0.1, 0.15) is 39.2 Å². The van der Waals surface area contributed by atoms with Gasteiger partial charge >= 0.3 is 0 Å². The molecule has 2 aromatic carbocycles. The summed E-state index contributed by atoms with van der Waals surface area (Å²) in [6.07, 6.45) is 2.06. The van der Waals surface area contributed by atoms with Gasteiger partial charge in [0.15, 0.2) is 0 Å². The van der Waals surface area contributed by atoms with Crippen LogP contribution in [-0.2, 0) is 26.2 Å². The van der Waals surface area contributed by atoms with E-state index in [4.69, 9.17) is 27.9 Å². The van der Waals surface area contributed by atoms with Crippen LogP contribution < -0.4 is 14.4 Å². The van der Waals surface area contributed by atoms with Crippen LogP contribution in [0.15, 0.2) is 42.5 Å². The van der Waals surface area contributed by atoms with E-state index in [2.05, 4.69) is 5.32 Å². The highest BCUT2D eigenvalue weighted by molar-refractivity contribution is 7.92. The minimum absolute atomic E-state index is 0.0593. The fraction of sp³-hybridized carbons (Fsp3) is 0.440. The van der Waals surface area contributed by atoms with E-state index >= 15 is 0 Å². The van der Waals surface area contributed by atoms with E-state index in [1.54, 1.807) is 49.4 Å². The molecule has 2 aromatic rings. The third kappa shape index (κ3) is 8.01. The summed E-state index contributed by atoms with van der Waals surface area (Å²) in [6, 6.07) is 10.5. The van der Waals surface area contributed by atoms with E-state index in [9.17, 15) is 18.0 Å². The van der Waals surface area contributed by atoms with Gasteiger partial charge in [-0.15, -0.1) is 0 Å². The average molecular weight is 559 g/mol. The molecule has 8 nitrogen and oxygen atoms in total. The summed E-state index contributed by atoms with van der Waals surface area (Å²) < 4.78 is 31.8. The van der Waals surface area contributed by atoms with Crippen molar-refractivity contribution in [2.45, 2.75) is 46.2 Å². The maximum absolute atomic E-state index is 13.7. The number of ether oxygens (including phenoxy) is 1. The molecule has 1 atom stereocenters. The molecule has 0 spiro atoms. The molecule has 0 aliphatic heterocycles. The molecule has 198 valence electrons. The first-order valence-electron chi connectivity index (χ1n) is 11.7. The first kappa shape index (κ1) is 29.7. The Bertz CT molecular complexity index is 1120. The third-order valence-electron chi connectivity index (χ3n) is 5.44. The molecule has 0 aromatic heterocycles. The van der Waals surface area contributed by atoms with E-state index in [1.807, 2.05) is 13.8 Å². The number of carbonyl (C=O) groups excluding carboxylic acids is 2. The number of nitrogens with zero attached hydrogens (tertiary/aromatic N) is 2. The Kier molecular flexibility index (Phi) is 11.3. The van der Waals surface area contributed by atoms with Crippen molar-refractivity contribution in [2.75, 3.05) is 30.3 Å². The van der Waals surface area contributed by atoms with Crippen molar-refractivity contribution in [3.05, 3.63) is 58.1 Å². The summed E-state index contributed by atoms with van der Waals surface area (Å²) in [5.74, 6) is -0.318. The zero-order chi connectivity index (χ0) is 26.9. The van der Waals surface area contributed by atoms with Crippen LogP contribution in [0, 0.1) is 0 Å². The molecule has 2 amide bonds. The van der Waals surface area contributed by atoms with Crippen molar-refractivity contribution >= 4 is 50.7 Å². The molecule has 0 aliphatic rings. The number of rotatable bonds is 13. The maximum Gasteiger partial charge on any atom is 0.244 e. The number of anilines is 1. The summed E-state index contributed by atoms with van der Waals surface area (Å²) in [7, 11) is -3.84. The van der Waals surface area contributed by atoms with Gasteiger partial charge in [0.1, 0.15) is 18.3 Å². The van der Waals surface area contributed by atoms with Crippen LogP contribution in [0.5, 0.6) is 5.75 Å². The summed E-state index contributed by atoms with van der Waals surface area (Å²) in [5.41, 5.74) is 0.774. The number of benzene rings is 2. The monoisotopic (exact) mass is 557 g/mol. The van der Waals surface area contributed by atoms with Gasteiger partial charge in [-0.2, -0.15) is 0 Å². The van der Waals surface area contributed by atoms with Crippen molar-refractivity contribution in [3.63, 3.8) is 0 Å². The van der Waals surface area contributed by atoms with Gasteiger partial charge in [0.2, 0.25) is 21.8 Å². The Labute approximate surface area is 223 Å². The van der Waals surface area contributed by atoms with E-state index in [0.717, 1.165) is 17.0 Å². The average Bonchev–Trinajstić information content (AvgIpc) is 2.82. The Morgan fingerprint density at radius 2 is 1.64 bits per heavy atom. The molecule has 36 heavy (non-hydrogen) atoms. The first-order valence-corrected chi connectivity index (χ1v) is 14.3. The molecule has 0 saturated carbocycles. The zero-order valence-electron chi connectivity index (χ0n) is 21.0. The van der Waals surface area contributed by atoms with Gasteiger partial charge in [-0.3, -0.25) is 13.9 Å². The minimum atomic E-state index is -3.84. The number of amides is 2. The second-order valence-electron chi connectivity index (χ2n) is 8.13. The lowest BCUT2D eigenvalue weighted by molar-refractivity contribution is -0.140. The van der Waals surface area contributed by atoms with Gasteiger partial charge in [-0.25, -0.2) is 8.42 Å². The number of hydrogen-bond donors (Lipinski definition) is 1. The van der Waals surface area contributed by atoms with E-state index in [1.165, 1.54) is 4.90 Å². The quantitative estimate of drug-likeness (QED) is 0.391. The Morgan fingerprint density at radius 3 is 2.14 bits per heavy atom. The second kappa shape index (κ2) is 13.7. The minimum Gasteiger partial charge on any atom is -0.494 e. The van der Waals surface area contributed by atoms with E-state index in [-0.39, 0.29) is 12.5 Å². The standard InChI is InChI=1S/C25H33Cl2N3O5S/c1-5-15-28-25(32)23(6-2)29(16-20-21(26)9-8-10-22(20)27)24(31)17-30(36(4,33)34)18-11-13-19(14-12-18)35-7-3/h8-14,23H,5-7,15-17H2,1-4H3,(H,28,32). The van der Waals surface area contributed by atoms with Crippen molar-refractivity contribution < 1.29 is 22.7 Å². The molecule has 11 heteroatoms. The Balaban J connectivity index is 2.46. The first-order chi connectivity index (χ1) is 17.0. The van der Waals surface area contributed by atoms with Gasteiger partial charge in [-0.05, 0) is 56.2 Å². The predicted octanol–water partition coefficient (Wildman–Crippen LogP) is 4.49. The van der Waals surface area contributed by atoms with Crippen molar-refractivity contribution in [2.24, 2.45) is 0 Å². The van der Waals surface area contributed by atoms with Crippen LogP contribution in [0.2, 0.25) is 10.0 Å². The Morgan fingerprint density at radius 1 is 1.03 bits per heavy atom. The van der Waals surface area contributed by atoms with Crippen molar-refractivity contribution in [1.29, 1.82) is 0 Å². The van der Waals surface area contributed by atoms with Gasteiger partial charge in [0.05, 0.1) is 18.6 Å². The molecule has 0 radical (unpaired) electrons. The Hall–Kier alpha value is -2.49. The van der Waals surface area contributed by atoms with Gasteiger partial charge < -0.3 is 15.0 Å². The van der Waals surface area contributed by atoms with E-state index in [0.29, 0.717) is 46.6 Å². The van der Waals surface area contributed by atoms with E-state index < -0.39 is 28.5 Å². The van der Waals surface area contributed by atoms with Crippen molar-refractivity contribution in [1.82, 2.24) is 10.2 Å². The molecule has 0 saturated heterocycles. The maximum atomic E-state index is 13.7. The smallest absolute Gasteiger partial charge is 0.244 e. The highest BCUT2D eigenvalue weighted by atomic mass is 35.5. The number of halogens is 2. The number of sulfonamides is 1. The number of carbonyl (C=O) groups is 2. The molecule has 0 aliphatic carbocycles. The fourth-order valence-corrected chi connectivity index (χ4v) is 4.99. The highest BCUT2D eigenvalue weighted by Crippen LogP contribution is 2.28. The van der Waals surface area contributed by atoms with Crippen molar-refractivity contribution in [3.8, 4) is 5.75 Å². The third-order valence-corrected chi connectivity index (χ3v) is 7.29. The van der Waals surface area contributed by atoms with Crippen LogP contribution in [0.3, 0.4) is 0 Å². The summed E-state index contributed by atoms with van der Waals surface area (Å²) in [4.78, 5) is 28.0. The number of nitrogens with one attached hydrogen (secondary N) is 1. The van der Waals surface area contributed by atoms with Crippen LogP contribution in [-0.4, -0.2) is 57.1 Å². The summed E-state index contributed by atoms with van der Waals surface area (Å²) >= 11 is 12.7. The lowest BCUT2D eigenvalue weighted by Gasteiger charge is -2.33. The predicted molar refractivity (Wildman–Crippen MR) is 144 cm³/mol. The lowest BCUT2D eigenvalue weighted by atomic mass is 10.1. The topological polar surface area (TPSA) is 96.0 Å². The molecule has 0 heterocycles. The van der Waals surface area contributed by atoms with Crippen LogP contribution >= 0.6 is 23.2 Å².